The van der Waals surface area contributed by atoms with Crippen molar-refractivity contribution in [3.05, 3.63) is 42.0 Å². The van der Waals surface area contributed by atoms with Gasteiger partial charge in [0.1, 0.15) is 11.5 Å². The molecule has 2 aromatic carbocycles. The second kappa shape index (κ2) is 10.1. The number of furan rings is 1. The van der Waals surface area contributed by atoms with Crippen molar-refractivity contribution in [3.8, 4) is 17.1 Å². The Hall–Kier alpha value is -3.29. The van der Waals surface area contributed by atoms with Gasteiger partial charge >= 0.3 is 12.1 Å². The van der Waals surface area contributed by atoms with E-state index in [0.29, 0.717) is 41.3 Å². The predicted molar refractivity (Wildman–Crippen MR) is 122 cm³/mol. The summed E-state index contributed by atoms with van der Waals surface area (Å²) in [7, 11) is -2.74. The van der Waals surface area contributed by atoms with Crippen molar-refractivity contribution in [1.29, 1.82) is 0 Å². The zero-order valence-electron chi connectivity index (χ0n) is 18.7. The van der Waals surface area contributed by atoms with E-state index in [-0.39, 0.29) is 4.90 Å². The number of carbonyl (C=O) groups is 1. The summed E-state index contributed by atoms with van der Waals surface area (Å²) in [5.74, 6) is -1.50. The largest absolute Gasteiger partial charge is 0.496 e. The first-order chi connectivity index (χ1) is 16.3. The van der Waals surface area contributed by atoms with Crippen LogP contribution in [-0.4, -0.2) is 63.5 Å². The van der Waals surface area contributed by atoms with Gasteiger partial charge in [-0.3, -0.25) is 4.55 Å². The summed E-state index contributed by atoms with van der Waals surface area (Å²) in [4.78, 5) is 10.8. The van der Waals surface area contributed by atoms with Crippen LogP contribution in [0.5, 0.6) is 5.75 Å². The summed E-state index contributed by atoms with van der Waals surface area (Å²) in [6.07, 6.45) is -5.08. The molecule has 0 saturated carbocycles. The third kappa shape index (κ3) is 6.24. The highest BCUT2D eigenvalue weighted by Gasteiger charge is 2.38. The first kappa shape index (κ1) is 26.3. The number of fused-ring (bicyclic) bond motifs is 1. The number of benzene rings is 2. The average Bonchev–Trinajstić information content (AvgIpc) is 3.22. The fourth-order valence-electron chi connectivity index (χ4n) is 3.54. The van der Waals surface area contributed by atoms with Gasteiger partial charge in [0.25, 0.3) is 10.1 Å². The number of carboxylic acid groups (broad SMARTS) is 1. The number of hydrogen-bond acceptors (Lipinski definition) is 7. The second-order valence-electron chi connectivity index (χ2n) is 7.69. The first-order valence-corrected chi connectivity index (χ1v) is 11.7. The van der Waals surface area contributed by atoms with Gasteiger partial charge in [-0.15, -0.1) is 0 Å². The molecule has 2 heterocycles. The van der Waals surface area contributed by atoms with Gasteiger partial charge in [-0.25, -0.2) is 4.79 Å². The topological polar surface area (TPSA) is 129 Å². The zero-order chi connectivity index (χ0) is 26.0. The quantitative estimate of drug-likeness (QED) is 0.445. The number of methoxy groups -OCH3 is 1. The highest BCUT2D eigenvalue weighted by atomic mass is 32.2. The number of ether oxygens (including phenoxy) is 1. The van der Waals surface area contributed by atoms with E-state index in [9.17, 15) is 26.1 Å². The number of hydrogen-bond donors (Lipinski definition) is 3. The molecule has 0 aliphatic carbocycles. The lowest BCUT2D eigenvalue weighted by Gasteiger charge is -2.29. The number of carboxylic acids is 1. The summed E-state index contributed by atoms with van der Waals surface area (Å²) >= 11 is 0. The van der Waals surface area contributed by atoms with Crippen molar-refractivity contribution < 1.29 is 45.2 Å². The second-order valence-corrected chi connectivity index (χ2v) is 9.11. The number of piperazine rings is 1. The van der Waals surface area contributed by atoms with Crippen molar-refractivity contribution in [3.63, 3.8) is 0 Å². The molecule has 3 aromatic rings. The van der Waals surface area contributed by atoms with E-state index in [1.807, 2.05) is 25.1 Å². The van der Waals surface area contributed by atoms with Crippen LogP contribution in [0.1, 0.15) is 5.56 Å². The molecule has 0 radical (unpaired) electrons. The van der Waals surface area contributed by atoms with Gasteiger partial charge in [0.05, 0.1) is 23.3 Å². The molecule has 1 saturated heterocycles. The van der Waals surface area contributed by atoms with Crippen LogP contribution < -0.4 is 15.0 Å². The molecule has 3 N–H and O–H groups in total. The average molecular weight is 516 g/mol. The molecule has 1 aromatic heterocycles. The Labute approximate surface area is 198 Å². The molecule has 13 heteroatoms. The van der Waals surface area contributed by atoms with Gasteiger partial charge in [-0.05, 0) is 37.3 Å². The number of anilines is 1. The fraction of sp³-hybridized carbons (Fsp3) is 0.318. The van der Waals surface area contributed by atoms with Gasteiger partial charge < -0.3 is 24.5 Å². The highest BCUT2D eigenvalue weighted by Crippen LogP contribution is 2.39. The Balaban J connectivity index is 0.000000429. The molecule has 0 atom stereocenters. The molecule has 9 nitrogen and oxygen atoms in total. The molecule has 0 unspecified atom stereocenters. The lowest BCUT2D eigenvalue weighted by Crippen LogP contribution is -2.43. The maximum atomic E-state index is 11.8. The van der Waals surface area contributed by atoms with Crippen LogP contribution in [0.2, 0.25) is 0 Å². The van der Waals surface area contributed by atoms with E-state index >= 15 is 0 Å². The summed E-state index contributed by atoms with van der Waals surface area (Å²) in [6.45, 7) is 4.99. The van der Waals surface area contributed by atoms with Crippen LogP contribution in [0.25, 0.3) is 22.3 Å². The molecule has 1 fully saturated rings. The van der Waals surface area contributed by atoms with Crippen LogP contribution in [0.4, 0.5) is 18.9 Å². The number of aryl methyl sites for hydroxylation is 1. The summed E-state index contributed by atoms with van der Waals surface area (Å²) in [5.41, 5.74) is 3.09. The van der Waals surface area contributed by atoms with Gasteiger partial charge in [0.2, 0.25) is 0 Å². The van der Waals surface area contributed by atoms with Gasteiger partial charge in [-0.2, -0.15) is 21.6 Å². The van der Waals surface area contributed by atoms with Crippen LogP contribution in [0, 0.1) is 6.92 Å². The van der Waals surface area contributed by atoms with Crippen molar-refractivity contribution in [2.75, 3.05) is 38.2 Å². The molecule has 1 aliphatic rings. The molecule has 4 rings (SSSR count). The Bertz CT molecular complexity index is 1330. The van der Waals surface area contributed by atoms with E-state index < -0.39 is 22.3 Å². The van der Waals surface area contributed by atoms with Crippen LogP contribution >= 0.6 is 0 Å². The molecule has 190 valence electrons. The van der Waals surface area contributed by atoms with Crippen LogP contribution in [0.3, 0.4) is 0 Å². The maximum absolute atomic E-state index is 11.8. The Morgan fingerprint density at radius 1 is 1.14 bits per heavy atom. The third-order valence-corrected chi connectivity index (χ3v) is 6.02. The standard InChI is InChI=1S/C20H22N2O5S.C2HF3O2/c1-13-3-4-18(26-2)16(9-13)19-11-14-10-15(28(23,24)25)12-17(20(14)27-19)22-7-5-21-6-8-22;3-2(4,5)1(6)7/h3-4,9-12,21H,5-8H2,1-2H3,(H,23,24,25);(H,6,7). The van der Waals surface area contributed by atoms with Gasteiger partial charge in [0.15, 0.2) is 5.58 Å². The van der Waals surface area contributed by atoms with E-state index in [1.54, 1.807) is 13.2 Å². The molecule has 1 aliphatic heterocycles. The summed E-state index contributed by atoms with van der Waals surface area (Å²) < 4.78 is 76.6. The number of rotatable bonds is 4. The number of nitrogens with zero attached hydrogens (tertiary/aromatic N) is 1. The van der Waals surface area contributed by atoms with E-state index in [2.05, 4.69) is 10.2 Å². The fourth-order valence-corrected chi connectivity index (χ4v) is 4.08. The van der Waals surface area contributed by atoms with E-state index in [1.165, 1.54) is 12.1 Å². The first-order valence-electron chi connectivity index (χ1n) is 10.3. The zero-order valence-corrected chi connectivity index (χ0v) is 19.5. The molecule has 0 amide bonds. The minimum Gasteiger partial charge on any atom is -0.496 e. The smallest absolute Gasteiger partial charge is 0.490 e. The third-order valence-electron chi connectivity index (χ3n) is 5.19. The molecule has 0 bridgehead atoms. The predicted octanol–water partition coefficient (Wildman–Crippen LogP) is 3.71. The SMILES string of the molecule is COc1ccc(C)cc1-c1cc2cc(S(=O)(=O)O)cc(N3CCNCC3)c2o1.O=C(O)C(F)(F)F. The lowest BCUT2D eigenvalue weighted by molar-refractivity contribution is -0.192. The number of alkyl halides is 3. The normalized spacial score (nSPS) is 14.4. The Kier molecular flexibility index (Phi) is 7.62. The van der Waals surface area contributed by atoms with Crippen molar-refractivity contribution in [2.24, 2.45) is 0 Å². The van der Waals surface area contributed by atoms with Crippen LogP contribution in [-0.2, 0) is 14.9 Å². The molecular weight excluding hydrogens is 493 g/mol. The molecule has 0 spiro atoms. The molecule has 35 heavy (non-hydrogen) atoms. The summed E-state index contributed by atoms with van der Waals surface area (Å²) in [5, 5.41) is 11.0. The van der Waals surface area contributed by atoms with Gasteiger partial charge in [0, 0.05) is 31.6 Å². The monoisotopic (exact) mass is 516 g/mol. The Morgan fingerprint density at radius 2 is 1.77 bits per heavy atom. The number of aliphatic carboxylic acids is 1. The van der Waals surface area contributed by atoms with E-state index in [4.69, 9.17) is 19.1 Å². The number of nitrogens with one attached hydrogen (secondary N) is 1. The minimum atomic E-state index is -5.08. The lowest BCUT2D eigenvalue weighted by atomic mass is 10.1. The van der Waals surface area contributed by atoms with Crippen molar-refractivity contribution in [2.45, 2.75) is 18.0 Å². The summed E-state index contributed by atoms with van der Waals surface area (Å²) in [6, 6.07) is 10.5. The molecular formula is C22H23F3N2O7S. The minimum absolute atomic E-state index is 0.142. The Morgan fingerprint density at radius 3 is 2.31 bits per heavy atom. The van der Waals surface area contributed by atoms with Crippen LogP contribution in [0.15, 0.2) is 45.7 Å². The number of halogens is 3. The van der Waals surface area contributed by atoms with E-state index in [0.717, 1.165) is 24.2 Å². The van der Waals surface area contributed by atoms with Crippen molar-refractivity contribution >= 4 is 32.7 Å². The maximum Gasteiger partial charge on any atom is 0.490 e. The highest BCUT2D eigenvalue weighted by molar-refractivity contribution is 7.85. The van der Waals surface area contributed by atoms with Crippen molar-refractivity contribution in [1.82, 2.24) is 5.32 Å². The van der Waals surface area contributed by atoms with Gasteiger partial charge in [-0.1, -0.05) is 11.6 Å².